The first kappa shape index (κ1) is 13.2. The Hall–Kier alpha value is -1.20. The SMILES string of the molecule is Cc1nc(CCNc2nnc(Cl)c(C)c2C)cs1. The van der Waals surface area contributed by atoms with Crippen molar-refractivity contribution in [3.05, 3.63) is 32.4 Å². The van der Waals surface area contributed by atoms with Crippen molar-refractivity contribution in [3.8, 4) is 0 Å². The molecule has 2 aromatic rings. The highest BCUT2D eigenvalue weighted by molar-refractivity contribution is 7.09. The van der Waals surface area contributed by atoms with Crippen LogP contribution in [0.4, 0.5) is 5.82 Å². The fourth-order valence-corrected chi connectivity index (χ4v) is 2.40. The first-order valence-electron chi connectivity index (χ1n) is 5.72. The van der Waals surface area contributed by atoms with Crippen LogP contribution in [-0.2, 0) is 6.42 Å². The molecule has 0 amide bonds. The Morgan fingerprint density at radius 1 is 1.22 bits per heavy atom. The van der Waals surface area contributed by atoms with E-state index in [1.54, 1.807) is 11.3 Å². The Labute approximate surface area is 115 Å². The molecule has 96 valence electrons. The lowest BCUT2D eigenvalue weighted by Crippen LogP contribution is -2.09. The molecule has 0 saturated heterocycles. The minimum absolute atomic E-state index is 0.466. The quantitative estimate of drug-likeness (QED) is 0.936. The molecule has 0 saturated carbocycles. The van der Waals surface area contributed by atoms with Gasteiger partial charge in [0.1, 0.15) is 0 Å². The first-order valence-corrected chi connectivity index (χ1v) is 6.98. The van der Waals surface area contributed by atoms with Crippen molar-refractivity contribution in [2.24, 2.45) is 0 Å². The van der Waals surface area contributed by atoms with Crippen LogP contribution in [0, 0.1) is 20.8 Å². The van der Waals surface area contributed by atoms with E-state index in [0.29, 0.717) is 5.15 Å². The van der Waals surface area contributed by atoms with Crippen LogP contribution in [0.1, 0.15) is 21.8 Å². The van der Waals surface area contributed by atoms with Crippen molar-refractivity contribution in [3.63, 3.8) is 0 Å². The summed E-state index contributed by atoms with van der Waals surface area (Å²) in [4.78, 5) is 4.42. The van der Waals surface area contributed by atoms with Crippen molar-refractivity contribution in [2.45, 2.75) is 27.2 Å². The average molecular weight is 283 g/mol. The van der Waals surface area contributed by atoms with Crippen molar-refractivity contribution >= 4 is 28.8 Å². The van der Waals surface area contributed by atoms with Gasteiger partial charge >= 0.3 is 0 Å². The van der Waals surface area contributed by atoms with Gasteiger partial charge in [0, 0.05) is 18.3 Å². The second kappa shape index (κ2) is 5.63. The molecule has 0 aliphatic rings. The van der Waals surface area contributed by atoms with E-state index in [-0.39, 0.29) is 0 Å². The monoisotopic (exact) mass is 282 g/mol. The van der Waals surface area contributed by atoms with Crippen LogP contribution < -0.4 is 5.32 Å². The molecule has 0 unspecified atom stereocenters. The number of nitrogens with zero attached hydrogens (tertiary/aromatic N) is 3. The van der Waals surface area contributed by atoms with E-state index in [1.165, 1.54) is 0 Å². The zero-order valence-electron chi connectivity index (χ0n) is 10.6. The number of aryl methyl sites for hydroxylation is 1. The second-order valence-electron chi connectivity index (χ2n) is 4.12. The predicted octanol–water partition coefficient (Wildman–Crippen LogP) is 3.17. The highest BCUT2D eigenvalue weighted by Gasteiger charge is 2.07. The molecule has 0 aromatic carbocycles. The average Bonchev–Trinajstić information content (AvgIpc) is 2.75. The topological polar surface area (TPSA) is 50.7 Å². The van der Waals surface area contributed by atoms with Crippen molar-refractivity contribution < 1.29 is 0 Å². The van der Waals surface area contributed by atoms with E-state index in [4.69, 9.17) is 11.6 Å². The summed E-state index contributed by atoms with van der Waals surface area (Å²) in [7, 11) is 0. The summed E-state index contributed by atoms with van der Waals surface area (Å²) in [5, 5.41) is 14.9. The van der Waals surface area contributed by atoms with E-state index in [9.17, 15) is 0 Å². The predicted molar refractivity (Wildman–Crippen MR) is 75.6 cm³/mol. The van der Waals surface area contributed by atoms with Crippen molar-refractivity contribution in [2.75, 3.05) is 11.9 Å². The normalized spacial score (nSPS) is 10.7. The first-order chi connectivity index (χ1) is 8.58. The molecule has 4 nitrogen and oxygen atoms in total. The van der Waals surface area contributed by atoms with E-state index in [1.807, 2.05) is 20.8 Å². The Morgan fingerprint density at radius 3 is 2.67 bits per heavy atom. The molecule has 2 aromatic heterocycles. The lowest BCUT2D eigenvalue weighted by atomic mass is 10.2. The van der Waals surface area contributed by atoms with Gasteiger partial charge in [0.15, 0.2) is 11.0 Å². The third kappa shape index (κ3) is 2.97. The van der Waals surface area contributed by atoms with Crippen LogP contribution in [0.25, 0.3) is 0 Å². The largest absolute Gasteiger partial charge is 0.368 e. The molecule has 18 heavy (non-hydrogen) atoms. The maximum atomic E-state index is 5.91. The molecule has 0 aliphatic heterocycles. The molecular weight excluding hydrogens is 268 g/mol. The van der Waals surface area contributed by atoms with Crippen LogP contribution in [-0.4, -0.2) is 21.7 Å². The number of thiazole rings is 1. The molecule has 0 atom stereocenters. The summed E-state index contributed by atoms with van der Waals surface area (Å²) in [6.07, 6.45) is 0.882. The maximum absolute atomic E-state index is 5.91. The summed E-state index contributed by atoms with van der Waals surface area (Å²) >= 11 is 7.58. The van der Waals surface area contributed by atoms with Crippen LogP contribution >= 0.6 is 22.9 Å². The van der Waals surface area contributed by atoms with Crippen LogP contribution in [0.5, 0.6) is 0 Å². The number of aromatic nitrogens is 3. The minimum Gasteiger partial charge on any atom is -0.368 e. The van der Waals surface area contributed by atoms with Gasteiger partial charge in [-0.1, -0.05) is 11.6 Å². The summed E-state index contributed by atoms with van der Waals surface area (Å²) < 4.78 is 0. The Balaban J connectivity index is 1.96. The molecule has 0 bridgehead atoms. The molecule has 0 aliphatic carbocycles. The van der Waals surface area contributed by atoms with Crippen molar-refractivity contribution in [1.29, 1.82) is 0 Å². The highest BCUT2D eigenvalue weighted by Crippen LogP contribution is 2.20. The Bertz CT molecular complexity index is 553. The summed E-state index contributed by atoms with van der Waals surface area (Å²) in [5.41, 5.74) is 3.13. The van der Waals surface area contributed by atoms with Gasteiger partial charge in [-0.25, -0.2) is 4.98 Å². The lowest BCUT2D eigenvalue weighted by molar-refractivity contribution is 0.928. The van der Waals surface area contributed by atoms with Gasteiger partial charge in [0.2, 0.25) is 0 Å². The van der Waals surface area contributed by atoms with Crippen molar-refractivity contribution in [1.82, 2.24) is 15.2 Å². The van der Waals surface area contributed by atoms with Gasteiger partial charge in [0.25, 0.3) is 0 Å². The third-order valence-electron chi connectivity index (χ3n) is 2.81. The van der Waals surface area contributed by atoms with Gasteiger partial charge in [-0.05, 0) is 31.9 Å². The number of halogens is 1. The zero-order chi connectivity index (χ0) is 13.1. The van der Waals surface area contributed by atoms with Crippen LogP contribution in [0.2, 0.25) is 5.15 Å². The zero-order valence-corrected chi connectivity index (χ0v) is 12.2. The molecule has 2 rings (SSSR count). The lowest BCUT2D eigenvalue weighted by Gasteiger charge is -2.09. The fourth-order valence-electron chi connectivity index (χ4n) is 1.58. The molecular formula is C12H15ClN4S. The molecule has 0 spiro atoms. The van der Waals surface area contributed by atoms with Crippen LogP contribution in [0.3, 0.4) is 0 Å². The van der Waals surface area contributed by atoms with Gasteiger partial charge < -0.3 is 5.32 Å². The fraction of sp³-hybridized carbons (Fsp3) is 0.417. The minimum atomic E-state index is 0.466. The number of nitrogens with one attached hydrogen (secondary N) is 1. The summed E-state index contributed by atoms with van der Waals surface area (Å²) in [6, 6.07) is 0. The number of hydrogen-bond donors (Lipinski definition) is 1. The number of anilines is 1. The third-order valence-corrected chi connectivity index (χ3v) is 3.99. The molecule has 0 fully saturated rings. The highest BCUT2D eigenvalue weighted by atomic mass is 35.5. The second-order valence-corrected chi connectivity index (χ2v) is 5.54. The molecule has 2 heterocycles. The van der Waals surface area contributed by atoms with Gasteiger partial charge in [-0.2, -0.15) is 0 Å². The maximum Gasteiger partial charge on any atom is 0.155 e. The summed E-state index contributed by atoms with van der Waals surface area (Å²) in [5.74, 6) is 0.795. The summed E-state index contributed by atoms with van der Waals surface area (Å²) in [6.45, 7) is 6.74. The smallest absolute Gasteiger partial charge is 0.155 e. The Kier molecular flexibility index (Phi) is 4.14. The van der Waals surface area contributed by atoms with E-state index in [2.05, 4.69) is 25.9 Å². The molecule has 0 radical (unpaired) electrons. The van der Waals surface area contributed by atoms with E-state index in [0.717, 1.165) is 40.6 Å². The molecule has 1 N–H and O–H groups in total. The number of rotatable bonds is 4. The Morgan fingerprint density at radius 2 is 2.00 bits per heavy atom. The standard InChI is InChI=1S/C12H15ClN4S/c1-7-8(2)12(17-16-11(7)13)14-5-4-10-6-18-9(3)15-10/h6H,4-5H2,1-3H3,(H,14,17). The van der Waals surface area contributed by atoms with Gasteiger partial charge in [0.05, 0.1) is 10.7 Å². The van der Waals surface area contributed by atoms with E-state index < -0.39 is 0 Å². The molecule has 6 heteroatoms. The van der Waals surface area contributed by atoms with Crippen LogP contribution in [0.15, 0.2) is 5.38 Å². The van der Waals surface area contributed by atoms with Gasteiger partial charge in [-0.15, -0.1) is 21.5 Å². The number of hydrogen-bond acceptors (Lipinski definition) is 5. The van der Waals surface area contributed by atoms with E-state index >= 15 is 0 Å². The van der Waals surface area contributed by atoms with Gasteiger partial charge in [-0.3, -0.25) is 0 Å².